The van der Waals surface area contributed by atoms with E-state index in [2.05, 4.69) is 81.0 Å². The van der Waals surface area contributed by atoms with Gasteiger partial charge in [-0.2, -0.15) is 0 Å². The van der Waals surface area contributed by atoms with Gasteiger partial charge in [0.1, 0.15) is 18.0 Å². The Labute approximate surface area is 172 Å². The molecule has 0 saturated carbocycles. The zero-order valence-electron chi connectivity index (χ0n) is 16.7. The molecule has 29 heavy (non-hydrogen) atoms. The fourth-order valence-electron chi connectivity index (χ4n) is 3.23. The summed E-state index contributed by atoms with van der Waals surface area (Å²) in [5, 5.41) is 9.53. The fraction of sp³-hybridized carbons (Fsp3) is 0.217. The molecule has 150 valence electrons. The van der Waals surface area contributed by atoms with E-state index in [1.54, 1.807) is 6.20 Å². The minimum Gasteiger partial charge on any atom is -0.390 e. The van der Waals surface area contributed by atoms with Crippen LogP contribution in [0.15, 0.2) is 73.7 Å². The van der Waals surface area contributed by atoms with Gasteiger partial charge in [0, 0.05) is 20.1 Å². The molecule has 0 spiro atoms. The summed E-state index contributed by atoms with van der Waals surface area (Å²) in [7, 11) is 1.84. The van der Waals surface area contributed by atoms with Crippen LogP contribution in [0.1, 0.15) is 28.3 Å². The average Bonchev–Trinajstić information content (AvgIpc) is 2.77. The molecule has 0 bridgehead atoms. The van der Waals surface area contributed by atoms with Crippen LogP contribution in [-0.2, 0) is 6.42 Å². The average molecular weight is 389 g/mol. The van der Waals surface area contributed by atoms with E-state index < -0.39 is 0 Å². The summed E-state index contributed by atoms with van der Waals surface area (Å²) in [6, 6.07) is 18.5. The Morgan fingerprint density at radius 2 is 1.66 bits per heavy atom. The van der Waals surface area contributed by atoms with E-state index in [1.807, 2.05) is 13.1 Å². The quantitative estimate of drug-likeness (QED) is 0.399. The van der Waals surface area contributed by atoms with Gasteiger partial charge in [-0.25, -0.2) is 9.97 Å². The summed E-state index contributed by atoms with van der Waals surface area (Å²) in [4.78, 5) is 8.76. The Hall–Kier alpha value is -3.38. The summed E-state index contributed by atoms with van der Waals surface area (Å²) in [5.74, 6) is 1.45. The number of hydrogen-bond donors (Lipinski definition) is 4. The van der Waals surface area contributed by atoms with Gasteiger partial charge in [0.25, 0.3) is 0 Å². The molecular weight excluding hydrogens is 360 g/mol. The molecule has 3 rings (SSSR count). The normalized spacial score (nSPS) is 11.5. The molecule has 1 atom stereocenters. The summed E-state index contributed by atoms with van der Waals surface area (Å²) < 4.78 is 0. The molecule has 0 aliphatic carbocycles. The molecule has 0 amide bonds. The number of aromatic nitrogens is 2. The minimum absolute atomic E-state index is 0.348. The third-order valence-corrected chi connectivity index (χ3v) is 4.73. The van der Waals surface area contributed by atoms with Crippen molar-refractivity contribution in [1.29, 1.82) is 0 Å². The smallest absolute Gasteiger partial charge is 0.136 e. The van der Waals surface area contributed by atoms with Crippen LogP contribution in [0.5, 0.6) is 0 Å². The maximum absolute atomic E-state index is 6.63. The predicted molar refractivity (Wildman–Crippen MR) is 120 cm³/mol. The van der Waals surface area contributed by atoms with E-state index in [1.165, 1.54) is 17.5 Å². The molecule has 0 radical (unpaired) electrons. The number of benzene rings is 2. The first-order chi connectivity index (χ1) is 14.2. The lowest BCUT2D eigenvalue weighted by atomic mass is 9.97. The molecule has 0 aliphatic heterocycles. The van der Waals surface area contributed by atoms with Crippen molar-refractivity contribution in [2.75, 3.05) is 30.8 Å². The number of rotatable bonds is 10. The molecule has 1 unspecified atom stereocenters. The second-order valence-corrected chi connectivity index (χ2v) is 6.70. The van der Waals surface area contributed by atoms with Crippen molar-refractivity contribution < 1.29 is 0 Å². The lowest BCUT2D eigenvalue weighted by Crippen LogP contribution is -2.22. The molecule has 6 heteroatoms. The summed E-state index contributed by atoms with van der Waals surface area (Å²) in [6.45, 7) is 5.09. The number of hydrogen-bond acceptors (Lipinski definition) is 6. The summed E-state index contributed by atoms with van der Waals surface area (Å²) in [5.41, 5.74) is 11.0. The highest BCUT2D eigenvalue weighted by molar-refractivity contribution is 5.61. The Balaban J connectivity index is 1.79. The third kappa shape index (κ3) is 5.33. The van der Waals surface area contributed by atoms with Crippen molar-refractivity contribution in [2.45, 2.75) is 12.5 Å². The molecule has 1 aromatic heterocycles. The lowest BCUT2D eigenvalue weighted by molar-refractivity contribution is 0.834. The largest absolute Gasteiger partial charge is 0.390 e. The van der Waals surface area contributed by atoms with Gasteiger partial charge in [-0.15, -0.1) is 0 Å². The van der Waals surface area contributed by atoms with Crippen LogP contribution in [-0.4, -0.2) is 30.1 Å². The first-order valence-corrected chi connectivity index (χ1v) is 9.72. The summed E-state index contributed by atoms with van der Waals surface area (Å²) >= 11 is 0. The molecule has 0 aliphatic rings. The van der Waals surface area contributed by atoms with Gasteiger partial charge >= 0.3 is 0 Å². The second-order valence-electron chi connectivity index (χ2n) is 6.70. The van der Waals surface area contributed by atoms with E-state index in [-0.39, 0.29) is 6.04 Å². The second kappa shape index (κ2) is 10.2. The number of nitrogens with zero attached hydrogens (tertiary/aromatic N) is 2. The van der Waals surface area contributed by atoms with Crippen LogP contribution in [0.25, 0.3) is 0 Å². The zero-order valence-corrected chi connectivity index (χ0v) is 16.7. The molecular formula is C23H28N6. The monoisotopic (exact) mass is 388 g/mol. The third-order valence-electron chi connectivity index (χ3n) is 4.73. The van der Waals surface area contributed by atoms with Crippen LogP contribution in [0, 0.1) is 0 Å². The first-order valence-electron chi connectivity index (χ1n) is 9.72. The van der Waals surface area contributed by atoms with Gasteiger partial charge in [0.15, 0.2) is 0 Å². The Morgan fingerprint density at radius 1 is 0.966 bits per heavy atom. The van der Waals surface area contributed by atoms with Crippen molar-refractivity contribution in [2.24, 2.45) is 5.73 Å². The highest BCUT2D eigenvalue weighted by atomic mass is 15.1. The van der Waals surface area contributed by atoms with Crippen LogP contribution < -0.4 is 21.7 Å². The van der Waals surface area contributed by atoms with Crippen LogP contribution in [0.4, 0.5) is 11.6 Å². The van der Waals surface area contributed by atoms with Crippen LogP contribution >= 0.6 is 0 Å². The van der Waals surface area contributed by atoms with Crippen LogP contribution in [0.2, 0.25) is 0 Å². The van der Waals surface area contributed by atoms with Gasteiger partial charge < -0.3 is 21.7 Å². The zero-order chi connectivity index (χ0) is 20.5. The Kier molecular flexibility index (Phi) is 7.19. The van der Waals surface area contributed by atoms with Gasteiger partial charge in [-0.1, -0.05) is 61.2 Å². The van der Waals surface area contributed by atoms with E-state index in [4.69, 9.17) is 5.73 Å². The van der Waals surface area contributed by atoms with Gasteiger partial charge in [-0.3, -0.25) is 0 Å². The molecule has 1 heterocycles. The molecule has 0 saturated heterocycles. The first kappa shape index (κ1) is 20.4. The predicted octanol–water partition coefficient (Wildman–Crippen LogP) is 3.30. The van der Waals surface area contributed by atoms with Crippen LogP contribution in [0.3, 0.4) is 0 Å². The van der Waals surface area contributed by atoms with Crippen molar-refractivity contribution in [3.63, 3.8) is 0 Å². The van der Waals surface area contributed by atoms with Crippen molar-refractivity contribution in [3.05, 3.63) is 96.0 Å². The summed E-state index contributed by atoms with van der Waals surface area (Å²) in [6.07, 6.45) is 4.11. The van der Waals surface area contributed by atoms with Crippen molar-refractivity contribution in [1.82, 2.24) is 15.3 Å². The molecule has 0 fully saturated rings. The molecule has 6 nitrogen and oxygen atoms in total. The number of nitrogens with one attached hydrogen (secondary N) is 3. The van der Waals surface area contributed by atoms with Gasteiger partial charge in [0.05, 0.1) is 11.6 Å². The maximum Gasteiger partial charge on any atom is 0.136 e. The highest BCUT2D eigenvalue weighted by Crippen LogP contribution is 2.30. The Morgan fingerprint density at radius 3 is 2.34 bits per heavy atom. The van der Waals surface area contributed by atoms with Gasteiger partial charge in [0.2, 0.25) is 0 Å². The Bertz CT molecular complexity index is 908. The van der Waals surface area contributed by atoms with E-state index >= 15 is 0 Å². The number of anilines is 2. The van der Waals surface area contributed by atoms with Crippen molar-refractivity contribution in [3.8, 4) is 0 Å². The standard InChI is InChI=1S/C23H28N6/c1-3-26-13-14-27-23-20(22(25-2)28-16-29-23)21(24)19-11-9-18(10-12-19)15-17-7-5-4-6-8-17/h3-12,16,21,26H,1,13-15,24H2,2H3,(H2,25,27,28,29). The van der Waals surface area contributed by atoms with Gasteiger partial charge in [-0.05, 0) is 29.3 Å². The van der Waals surface area contributed by atoms with E-state index in [0.29, 0.717) is 6.54 Å². The molecule has 5 N–H and O–H groups in total. The van der Waals surface area contributed by atoms with Crippen molar-refractivity contribution >= 4 is 11.6 Å². The lowest BCUT2D eigenvalue weighted by Gasteiger charge is -2.20. The highest BCUT2D eigenvalue weighted by Gasteiger charge is 2.19. The fourth-order valence-corrected chi connectivity index (χ4v) is 3.23. The molecule has 2 aromatic carbocycles. The maximum atomic E-state index is 6.63. The minimum atomic E-state index is -0.348. The van der Waals surface area contributed by atoms with E-state index in [9.17, 15) is 0 Å². The SMILES string of the molecule is C=CNCCNc1ncnc(NC)c1C(N)c1ccc(Cc2ccccc2)cc1. The molecule has 3 aromatic rings. The number of nitrogens with two attached hydrogens (primary N) is 1. The topological polar surface area (TPSA) is 87.9 Å². The van der Waals surface area contributed by atoms with E-state index in [0.717, 1.165) is 35.7 Å².